The Hall–Kier alpha value is -3.46. The molecule has 9 heteroatoms. The Kier molecular flexibility index (Phi) is 7.12. The normalized spacial score (nSPS) is 17.9. The summed E-state index contributed by atoms with van der Waals surface area (Å²) < 4.78 is 1.90. The zero-order valence-electron chi connectivity index (χ0n) is 19.2. The fraction of sp³-hybridized carbons (Fsp3) is 0.320. The fourth-order valence-corrected chi connectivity index (χ4v) is 5.02. The van der Waals surface area contributed by atoms with Gasteiger partial charge in [0.2, 0.25) is 17.7 Å². The second kappa shape index (κ2) is 10.2. The van der Waals surface area contributed by atoms with Gasteiger partial charge in [-0.2, -0.15) is 0 Å². The van der Waals surface area contributed by atoms with Gasteiger partial charge in [-0.05, 0) is 48.6 Å². The number of rotatable bonds is 8. The minimum atomic E-state index is -0.717. The summed E-state index contributed by atoms with van der Waals surface area (Å²) in [5.41, 5.74) is 2.95. The standard InChI is InChI=1S/C25H27N5O3S/c1-3-17-7-5-6-8-20(17)30-16-26-29-24(30)34-15-22(32)27-19-11-9-18(10-12-19)25(4-2)14-13-21(31)28-23(25)33/h5-12,16H,3-4,13-15H2,1-2H3,(H,27,32)(H,28,31,33). The van der Waals surface area contributed by atoms with E-state index in [0.29, 0.717) is 30.1 Å². The molecule has 3 aromatic rings. The number of anilines is 1. The largest absolute Gasteiger partial charge is 0.325 e. The van der Waals surface area contributed by atoms with Gasteiger partial charge >= 0.3 is 0 Å². The van der Waals surface area contributed by atoms with Gasteiger partial charge in [0.1, 0.15) is 6.33 Å². The van der Waals surface area contributed by atoms with E-state index in [-0.39, 0.29) is 23.5 Å². The summed E-state index contributed by atoms with van der Waals surface area (Å²) in [5, 5.41) is 14.2. The zero-order valence-corrected chi connectivity index (χ0v) is 20.0. The number of nitrogens with zero attached hydrogens (tertiary/aromatic N) is 3. The molecule has 1 saturated heterocycles. The predicted octanol–water partition coefficient (Wildman–Crippen LogP) is 3.64. The highest BCUT2D eigenvalue weighted by molar-refractivity contribution is 7.99. The molecule has 1 fully saturated rings. The lowest BCUT2D eigenvalue weighted by Crippen LogP contribution is -2.51. The number of piperidine rings is 1. The summed E-state index contributed by atoms with van der Waals surface area (Å²) in [6.07, 6.45) is 3.94. The van der Waals surface area contributed by atoms with E-state index in [2.05, 4.69) is 33.8 Å². The molecule has 1 aliphatic heterocycles. The molecule has 3 amide bonds. The van der Waals surface area contributed by atoms with Crippen molar-refractivity contribution in [2.75, 3.05) is 11.1 Å². The third kappa shape index (κ3) is 4.75. The number of nitrogens with one attached hydrogen (secondary N) is 2. The number of carbonyl (C=O) groups excluding carboxylic acids is 3. The van der Waals surface area contributed by atoms with Crippen molar-refractivity contribution < 1.29 is 14.4 Å². The van der Waals surface area contributed by atoms with Gasteiger partial charge in [-0.25, -0.2) is 0 Å². The number of carbonyl (C=O) groups is 3. The van der Waals surface area contributed by atoms with Crippen LogP contribution in [-0.4, -0.2) is 38.2 Å². The third-order valence-electron chi connectivity index (χ3n) is 6.27. The van der Waals surface area contributed by atoms with Crippen molar-refractivity contribution in [1.29, 1.82) is 0 Å². The van der Waals surface area contributed by atoms with Crippen molar-refractivity contribution >= 4 is 35.2 Å². The summed E-state index contributed by atoms with van der Waals surface area (Å²) >= 11 is 1.32. The summed E-state index contributed by atoms with van der Waals surface area (Å²) in [5.74, 6) is -0.474. The average Bonchev–Trinajstić information content (AvgIpc) is 3.32. The summed E-state index contributed by atoms with van der Waals surface area (Å²) in [6, 6.07) is 15.3. The summed E-state index contributed by atoms with van der Waals surface area (Å²) in [4.78, 5) is 36.7. The first-order valence-corrected chi connectivity index (χ1v) is 12.3. The van der Waals surface area contributed by atoms with Crippen molar-refractivity contribution in [3.05, 3.63) is 66.0 Å². The molecule has 0 spiro atoms. The van der Waals surface area contributed by atoms with Gasteiger partial charge in [0.25, 0.3) is 0 Å². The Labute approximate surface area is 202 Å². The minimum absolute atomic E-state index is 0.165. The molecule has 34 heavy (non-hydrogen) atoms. The zero-order chi connectivity index (χ0) is 24.1. The monoisotopic (exact) mass is 477 g/mol. The topological polar surface area (TPSA) is 106 Å². The fourth-order valence-electron chi connectivity index (χ4n) is 4.30. The highest BCUT2D eigenvalue weighted by atomic mass is 32.2. The lowest BCUT2D eigenvalue weighted by atomic mass is 9.72. The molecule has 4 rings (SSSR count). The average molecular weight is 478 g/mol. The van der Waals surface area contributed by atoms with E-state index in [1.54, 1.807) is 18.5 Å². The van der Waals surface area contributed by atoms with Crippen LogP contribution >= 0.6 is 11.8 Å². The van der Waals surface area contributed by atoms with Gasteiger partial charge in [-0.15, -0.1) is 10.2 Å². The molecule has 1 atom stereocenters. The van der Waals surface area contributed by atoms with Crippen LogP contribution < -0.4 is 10.6 Å². The number of aromatic nitrogens is 3. The Balaban J connectivity index is 1.40. The smallest absolute Gasteiger partial charge is 0.237 e. The number of amides is 3. The van der Waals surface area contributed by atoms with Crippen LogP contribution in [0.3, 0.4) is 0 Å². The van der Waals surface area contributed by atoms with Gasteiger partial charge in [0, 0.05) is 12.1 Å². The quantitative estimate of drug-likeness (QED) is 0.379. The molecular weight excluding hydrogens is 450 g/mol. The molecule has 2 heterocycles. The molecular formula is C25H27N5O3S. The number of benzene rings is 2. The van der Waals surface area contributed by atoms with E-state index in [4.69, 9.17) is 0 Å². The molecule has 176 valence electrons. The van der Waals surface area contributed by atoms with E-state index in [1.165, 1.54) is 17.3 Å². The van der Waals surface area contributed by atoms with Crippen molar-refractivity contribution in [2.24, 2.45) is 0 Å². The van der Waals surface area contributed by atoms with Gasteiger partial charge in [0.05, 0.1) is 16.9 Å². The van der Waals surface area contributed by atoms with Crippen LogP contribution in [-0.2, 0) is 26.2 Å². The number of hydrogen-bond donors (Lipinski definition) is 2. The Bertz CT molecular complexity index is 1210. The van der Waals surface area contributed by atoms with Crippen LogP contribution in [0.4, 0.5) is 5.69 Å². The van der Waals surface area contributed by atoms with E-state index >= 15 is 0 Å². The van der Waals surface area contributed by atoms with E-state index in [1.807, 2.05) is 41.8 Å². The highest BCUT2D eigenvalue weighted by Crippen LogP contribution is 2.36. The maximum absolute atomic E-state index is 12.6. The van der Waals surface area contributed by atoms with Crippen molar-refractivity contribution in [3.8, 4) is 5.69 Å². The van der Waals surface area contributed by atoms with Crippen LogP contribution in [0.2, 0.25) is 0 Å². The second-order valence-corrected chi connectivity index (χ2v) is 9.14. The van der Waals surface area contributed by atoms with Crippen LogP contribution in [0.1, 0.15) is 44.2 Å². The van der Waals surface area contributed by atoms with Gasteiger partial charge in [-0.3, -0.25) is 24.3 Å². The molecule has 0 radical (unpaired) electrons. The molecule has 8 nitrogen and oxygen atoms in total. The van der Waals surface area contributed by atoms with Crippen LogP contribution in [0.25, 0.3) is 5.69 Å². The first-order chi connectivity index (χ1) is 16.5. The molecule has 1 aliphatic rings. The lowest BCUT2D eigenvalue weighted by molar-refractivity contribution is -0.138. The number of hydrogen-bond acceptors (Lipinski definition) is 6. The van der Waals surface area contributed by atoms with Gasteiger partial charge < -0.3 is 5.32 Å². The predicted molar refractivity (Wildman–Crippen MR) is 131 cm³/mol. The first kappa shape index (κ1) is 23.7. The number of thioether (sulfide) groups is 1. The van der Waals surface area contributed by atoms with Crippen molar-refractivity contribution in [3.63, 3.8) is 0 Å². The second-order valence-electron chi connectivity index (χ2n) is 8.19. The molecule has 0 aliphatic carbocycles. The molecule has 2 aromatic carbocycles. The van der Waals surface area contributed by atoms with Crippen LogP contribution in [0.15, 0.2) is 60.0 Å². The Morgan fingerprint density at radius 2 is 1.91 bits per heavy atom. The minimum Gasteiger partial charge on any atom is -0.325 e. The molecule has 1 aromatic heterocycles. The van der Waals surface area contributed by atoms with Crippen molar-refractivity contribution in [2.45, 2.75) is 50.1 Å². The van der Waals surface area contributed by atoms with E-state index in [9.17, 15) is 14.4 Å². The number of para-hydroxylation sites is 1. The Morgan fingerprint density at radius 3 is 2.62 bits per heavy atom. The number of imide groups is 1. The molecule has 1 unspecified atom stereocenters. The van der Waals surface area contributed by atoms with E-state index in [0.717, 1.165) is 17.7 Å². The Morgan fingerprint density at radius 1 is 1.15 bits per heavy atom. The number of aryl methyl sites for hydroxylation is 1. The third-order valence-corrected chi connectivity index (χ3v) is 7.22. The van der Waals surface area contributed by atoms with Crippen molar-refractivity contribution in [1.82, 2.24) is 20.1 Å². The van der Waals surface area contributed by atoms with Crippen LogP contribution in [0.5, 0.6) is 0 Å². The summed E-state index contributed by atoms with van der Waals surface area (Å²) in [7, 11) is 0. The van der Waals surface area contributed by atoms with Gasteiger partial charge in [0.15, 0.2) is 5.16 Å². The SMILES string of the molecule is CCc1ccccc1-n1cnnc1SCC(=O)Nc1ccc(C2(CC)CCC(=O)NC2=O)cc1. The molecule has 2 N–H and O–H groups in total. The maximum atomic E-state index is 12.6. The molecule has 0 saturated carbocycles. The maximum Gasteiger partial charge on any atom is 0.237 e. The summed E-state index contributed by atoms with van der Waals surface area (Å²) in [6.45, 7) is 4.04. The lowest BCUT2D eigenvalue weighted by Gasteiger charge is -2.35. The highest BCUT2D eigenvalue weighted by Gasteiger charge is 2.42. The first-order valence-electron chi connectivity index (χ1n) is 11.3. The van der Waals surface area contributed by atoms with E-state index < -0.39 is 5.41 Å². The molecule has 0 bridgehead atoms. The van der Waals surface area contributed by atoms with Gasteiger partial charge in [-0.1, -0.05) is 55.9 Å². The van der Waals surface area contributed by atoms with Crippen LogP contribution in [0, 0.1) is 0 Å².